The standard InChI is InChI=1S/C22H22F8N2OS/c1-14-2-5-16(22(23,24)25)12-20(14)31-8-10-32(11-9-31)21(33)19-13-18(19)15-3-6-17(7-4-15)34(26,27,28,29)30/h2-7,12,18-19H,8-11,13H2,1H3/t18-,19-/m1/s1. The number of nitrogens with zero attached hydrogens (tertiary/aromatic N) is 2. The number of benzene rings is 2. The quantitative estimate of drug-likeness (QED) is 0.406. The minimum absolute atomic E-state index is 0.192. The lowest BCUT2D eigenvalue weighted by atomic mass is 10.1. The van der Waals surface area contributed by atoms with E-state index in [1.165, 1.54) is 6.07 Å². The maximum Gasteiger partial charge on any atom is 0.416 e. The molecule has 0 aromatic heterocycles. The number of aryl methyl sites for hydroxylation is 1. The molecule has 188 valence electrons. The van der Waals surface area contributed by atoms with Gasteiger partial charge in [-0.25, -0.2) is 0 Å². The molecular formula is C22H22F8N2OS. The van der Waals surface area contributed by atoms with Crippen molar-refractivity contribution in [2.24, 2.45) is 5.92 Å². The molecule has 0 spiro atoms. The zero-order chi connectivity index (χ0) is 25.2. The predicted molar refractivity (Wildman–Crippen MR) is 114 cm³/mol. The summed E-state index contributed by atoms with van der Waals surface area (Å²) < 4.78 is 104. The van der Waals surface area contributed by atoms with E-state index in [-0.39, 0.29) is 11.8 Å². The summed E-state index contributed by atoms with van der Waals surface area (Å²) in [4.78, 5) is 14.2. The van der Waals surface area contributed by atoms with E-state index in [4.69, 9.17) is 0 Å². The van der Waals surface area contributed by atoms with E-state index in [1.54, 1.807) is 16.7 Å². The molecule has 12 heteroatoms. The number of amides is 1. The number of carbonyl (C=O) groups excluding carboxylic acids is 1. The van der Waals surface area contributed by atoms with Crippen molar-refractivity contribution in [3.05, 3.63) is 59.2 Å². The third-order valence-corrected chi connectivity index (χ3v) is 7.49. The lowest BCUT2D eigenvalue weighted by molar-refractivity contribution is -0.137. The van der Waals surface area contributed by atoms with Crippen LogP contribution in [0.2, 0.25) is 0 Å². The molecule has 0 N–H and O–H groups in total. The van der Waals surface area contributed by atoms with Gasteiger partial charge in [0.05, 0.1) is 5.56 Å². The number of alkyl halides is 3. The van der Waals surface area contributed by atoms with E-state index < -0.39 is 32.8 Å². The predicted octanol–water partition coefficient (Wildman–Crippen LogP) is 7.12. The molecule has 2 fully saturated rings. The van der Waals surface area contributed by atoms with E-state index in [1.807, 2.05) is 0 Å². The fourth-order valence-electron chi connectivity index (χ4n) is 4.34. The van der Waals surface area contributed by atoms with Crippen LogP contribution in [0.15, 0.2) is 47.4 Å². The molecule has 1 aliphatic carbocycles. The van der Waals surface area contributed by atoms with Crippen LogP contribution in [0.25, 0.3) is 0 Å². The van der Waals surface area contributed by atoms with Crippen LogP contribution in [0.4, 0.5) is 38.3 Å². The molecular weight excluding hydrogens is 492 g/mol. The number of rotatable bonds is 4. The fraction of sp³-hybridized carbons (Fsp3) is 0.409. The summed E-state index contributed by atoms with van der Waals surface area (Å²) in [6.45, 7) is 2.97. The van der Waals surface area contributed by atoms with E-state index in [9.17, 15) is 37.4 Å². The lowest BCUT2D eigenvalue weighted by Gasteiger charge is -2.40. The van der Waals surface area contributed by atoms with E-state index in [2.05, 4.69) is 0 Å². The van der Waals surface area contributed by atoms with Gasteiger partial charge >= 0.3 is 16.4 Å². The first-order valence-corrected chi connectivity index (χ1v) is 12.4. The topological polar surface area (TPSA) is 23.6 Å². The maximum atomic E-state index is 13.1. The summed E-state index contributed by atoms with van der Waals surface area (Å²) in [5, 5.41) is 0. The lowest BCUT2D eigenvalue weighted by Crippen LogP contribution is -2.49. The van der Waals surface area contributed by atoms with Crippen LogP contribution in [-0.2, 0) is 11.0 Å². The van der Waals surface area contributed by atoms with Crippen LogP contribution in [-0.4, -0.2) is 37.0 Å². The van der Waals surface area contributed by atoms with Gasteiger partial charge in [0.2, 0.25) is 5.91 Å². The summed E-state index contributed by atoms with van der Waals surface area (Å²) in [7, 11) is -9.74. The Morgan fingerprint density at radius 3 is 2.03 bits per heavy atom. The molecule has 3 nitrogen and oxygen atoms in total. The molecule has 2 atom stereocenters. The molecule has 1 saturated heterocycles. The van der Waals surface area contributed by atoms with E-state index in [0.29, 0.717) is 61.5 Å². The summed E-state index contributed by atoms with van der Waals surface area (Å²) in [6, 6.07) is 6.21. The Morgan fingerprint density at radius 1 is 0.912 bits per heavy atom. The molecule has 1 heterocycles. The van der Waals surface area contributed by atoms with Crippen molar-refractivity contribution in [1.29, 1.82) is 0 Å². The molecule has 34 heavy (non-hydrogen) atoms. The second-order valence-electron chi connectivity index (χ2n) is 8.80. The number of carbonyl (C=O) groups is 1. The van der Waals surface area contributed by atoms with Gasteiger partial charge in [-0.05, 0) is 54.7 Å². The number of hydrogen-bond acceptors (Lipinski definition) is 2. The van der Waals surface area contributed by atoms with Gasteiger partial charge in [-0.1, -0.05) is 37.6 Å². The molecule has 2 aromatic rings. The van der Waals surface area contributed by atoms with Crippen molar-refractivity contribution >= 4 is 21.8 Å². The molecule has 1 aliphatic heterocycles. The van der Waals surface area contributed by atoms with Crippen molar-refractivity contribution in [2.75, 3.05) is 31.1 Å². The Hall–Kier alpha value is -2.50. The molecule has 2 aromatic carbocycles. The van der Waals surface area contributed by atoms with Crippen molar-refractivity contribution < 1.29 is 37.4 Å². The minimum atomic E-state index is -9.74. The third kappa shape index (κ3) is 5.11. The third-order valence-electron chi connectivity index (χ3n) is 6.33. The van der Waals surface area contributed by atoms with Crippen molar-refractivity contribution in [3.8, 4) is 0 Å². The van der Waals surface area contributed by atoms with Crippen LogP contribution in [0.1, 0.15) is 29.0 Å². The minimum Gasteiger partial charge on any atom is -0.368 e. The summed E-state index contributed by atoms with van der Waals surface area (Å²) in [6.07, 6.45) is -4.06. The highest BCUT2D eigenvalue weighted by atomic mass is 32.5. The van der Waals surface area contributed by atoms with Gasteiger partial charge in [-0.15, -0.1) is 0 Å². The molecule has 0 radical (unpaired) electrons. The summed E-state index contributed by atoms with van der Waals surface area (Å²) in [5.74, 6) is -0.987. The van der Waals surface area contributed by atoms with Crippen LogP contribution in [0, 0.1) is 12.8 Å². The zero-order valence-corrected chi connectivity index (χ0v) is 18.8. The summed E-state index contributed by atoms with van der Waals surface area (Å²) in [5.41, 5.74) is 0.783. The van der Waals surface area contributed by atoms with E-state index >= 15 is 0 Å². The highest BCUT2D eigenvalue weighted by Gasteiger charge is 2.65. The van der Waals surface area contributed by atoms with Gasteiger partial charge in [-0.2, -0.15) is 13.2 Å². The molecule has 1 saturated carbocycles. The van der Waals surface area contributed by atoms with Gasteiger partial charge in [0.1, 0.15) is 4.90 Å². The largest absolute Gasteiger partial charge is 0.416 e. The second kappa shape index (κ2) is 7.25. The number of anilines is 1. The second-order valence-corrected chi connectivity index (χ2v) is 11.2. The first-order chi connectivity index (χ1) is 15.4. The van der Waals surface area contributed by atoms with Gasteiger partial charge < -0.3 is 9.80 Å². The first kappa shape index (κ1) is 24.6. The normalized spacial score (nSPS) is 23.3. The summed E-state index contributed by atoms with van der Waals surface area (Å²) >= 11 is 0. The molecule has 1 amide bonds. The Bertz CT molecular complexity index is 1110. The smallest absolute Gasteiger partial charge is 0.368 e. The van der Waals surface area contributed by atoms with Gasteiger partial charge in [0.25, 0.3) is 0 Å². The van der Waals surface area contributed by atoms with Crippen molar-refractivity contribution in [1.82, 2.24) is 4.90 Å². The van der Waals surface area contributed by atoms with E-state index in [0.717, 1.165) is 24.3 Å². The monoisotopic (exact) mass is 514 g/mol. The fourth-order valence-corrected chi connectivity index (χ4v) is 4.99. The van der Waals surface area contributed by atoms with Crippen LogP contribution >= 0.6 is 10.2 Å². The molecule has 2 aliphatic rings. The Morgan fingerprint density at radius 2 is 1.50 bits per heavy atom. The number of piperazine rings is 1. The number of halogens is 8. The van der Waals surface area contributed by atoms with Gasteiger partial charge in [-0.3, -0.25) is 4.79 Å². The average Bonchev–Trinajstić information content (AvgIpc) is 3.52. The Kier molecular flexibility index (Phi) is 5.25. The van der Waals surface area contributed by atoms with Crippen LogP contribution < -0.4 is 4.90 Å². The number of hydrogen-bond donors (Lipinski definition) is 0. The maximum absolute atomic E-state index is 13.1. The Labute approximate surface area is 191 Å². The van der Waals surface area contributed by atoms with Gasteiger partial charge in [0.15, 0.2) is 0 Å². The van der Waals surface area contributed by atoms with Crippen LogP contribution in [0.5, 0.6) is 0 Å². The zero-order valence-electron chi connectivity index (χ0n) is 18.0. The van der Waals surface area contributed by atoms with Crippen LogP contribution in [0.3, 0.4) is 0 Å². The average molecular weight is 514 g/mol. The SMILES string of the molecule is Cc1ccc(C(F)(F)F)cc1N1CCN(C(=O)[C@@H]2C[C@@H]2c2ccc(S(F)(F)(F)(F)F)cc2)CC1. The molecule has 0 unspecified atom stereocenters. The highest BCUT2D eigenvalue weighted by molar-refractivity contribution is 8.45. The van der Waals surface area contributed by atoms with Crippen molar-refractivity contribution in [3.63, 3.8) is 0 Å². The molecule has 0 bridgehead atoms. The van der Waals surface area contributed by atoms with Crippen molar-refractivity contribution in [2.45, 2.75) is 30.3 Å². The highest BCUT2D eigenvalue weighted by Crippen LogP contribution is 3.02. The first-order valence-electron chi connectivity index (χ1n) is 10.5. The van der Waals surface area contributed by atoms with Gasteiger partial charge in [0, 0.05) is 37.8 Å². The molecule has 4 rings (SSSR count). The Balaban J connectivity index is 1.37.